The van der Waals surface area contributed by atoms with Crippen LogP contribution in [-0.4, -0.2) is 30.8 Å². The Bertz CT molecular complexity index is 914. The molecule has 0 fully saturated rings. The number of aryl methyl sites for hydroxylation is 1. The minimum absolute atomic E-state index is 0.0425. The van der Waals surface area contributed by atoms with Gasteiger partial charge in [0.05, 0.1) is 18.2 Å². The van der Waals surface area contributed by atoms with Gasteiger partial charge in [-0.15, -0.1) is 6.58 Å². The zero-order chi connectivity index (χ0) is 21.9. The normalized spacial score (nSPS) is 10.2. The number of nitrogens with one attached hydrogen (secondary N) is 1. The third kappa shape index (κ3) is 5.85. The standard InChI is InChI=1S/C24H28N2O4/c1-4-7-21-20(6-3)18(5-2)14-22(24(21)29-13-12-27)30-23(28)16-26-19-10-8-17(15-25)9-11-19/h4,8-11,14,26-27H,1,5-7,12-13,16H2,2-3H3. The molecule has 0 amide bonds. The molecule has 2 aromatic rings. The zero-order valence-electron chi connectivity index (χ0n) is 17.5. The minimum atomic E-state index is -0.468. The Morgan fingerprint density at radius 3 is 2.53 bits per heavy atom. The fourth-order valence-corrected chi connectivity index (χ4v) is 3.28. The van der Waals surface area contributed by atoms with Gasteiger partial charge < -0.3 is 19.9 Å². The second-order valence-corrected chi connectivity index (χ2v) is 6.61. The van der Waals surface area contributed by atoms with Crippen LogP contribution >= 0.6 is 0 Å². The summed E-state index contributed by atoms with van der Waals surface area (Å²) in [5.74, 6) is 0.356. The monoisotopic (exact) mass is 408 g/mol. The lowest BCUT2D eigenvalue weighted by atomic mass is 9.93. The van der Waals surface area contributed by atoms with Gasteiger partial charge in [0.25, 0.3) is 0 Å². The van der Waals surface area contributed by atoms with Crippen molar-refractivity contribution in [3.05, 3.63) is 65.2 Å². The topological polar surface area (TPSA) is 91.6 Å². The molecular formula is C24H28N2O4. The van der Waals surface area contributed by atoms with Crippen molar-refractivity contribution in [2.45, 2.75) is 33.1 Å². The van der Waals surface area contributed by atoms with E-state index >= 15 is 0 Å². The van der Waals surface area contributed by atoms with Crippen LogP contribution in [0.5, 0.6) is 11.5 Å². The number of hydrogen-bond acceptors (Lipinski definition) is 6. The van der Waals surface area contributed by atoms with Crippen LogP contribution in [0.15, 0.2) is 43.0 Å². The maximum absolute atomic E-state index is 12.5. The molecule has 0 aliphatic heterocycles. The number of ether oxygens (including phenoxy) is 2. The fraction of sp³-hybridized carbons (Fsp3) is 0.333. The average Bonchev–Trinajstić information content (AvgIpc) is 2.77. The highest BCUT2D eigenvalue weighted by atomic mass is 16.6. The molecule has 6 nitrogen and oxygen atoms in total. The predicted octanol–water partition coefficient (Wildman–Crippen LogP) is 3.80. The van der Waals surface area contributed by atoms with E-state index in [2.05, 4.69) is 31.8 Å². The quantitative estimate of drug-likeness (QED) is 0.334. The number of anilines is 1. The second kappa shape index (κ2) is 11.6. The van der Waals surface area contributed by atoms with Crippen LogP contribution in [0.4, 0.5) is 5.69 Å². The molecule has 2 rings (SSSR count). The van der Waals surface area contributed by atoms with Crippen LogP contribution in [-0.2, 0) is 24.1 Å². The van der Waals surface area contributed by atoms with Crippen molar-refractivity contribution in [2.75, 3.05) is 25.1 Å². The summed E-state index contributed by atoms with van der Waals surface area (Å²) < 4.78 is 11.4. The molecule has 0 spiro atoms. The molecule has 0 atom stereocenters. The van der Waals surface area contributed by atoms with Crippen LogP contribution in [0.3, 0.4) is 0 Å². The summed E-state index contributed by atoms with van der Waals surface area (Å²) in [4.78, 5) is 12.5. The number of carbonyl (C=O) groups excluding carboxylic acids is 1. The van der Waals surface area contributed by atoms with Gasteiger partial charge in [0.1, 0.15) is 13.2 Å². The highest BCUT2D eigenvalue weighted by molar-refractivity contribution is 5.78. The summed E-state index contributed by atoms with van der Waals surface area (Å²) in [6, 6.07) is 10.7. The highest BCUT2D eigenvalue weighted by Crippen LogP contribution is 2.38. The molecule has 0 aliphatic carbocycles. The van der Waals surface area contributed by atoms with Crippen molar-refractivity contribution in [1.29, 1.82) is 5.26 Å². The van der Waals surface area contributed by atoms with Gasteiger partial charge in [-0.05, 0) is 60.7 Å². The van der Waals surface area contributed by atoms with E-state index in [1.807, 2.05) is 6.07 Å². The first-order chi connectivity index (χ1) is 14.6. The number of carbonyl (C=O) groups is 1. The first kappa shape index (κ1) is 23.0. The van der Waals surface area contributed by atoms with Crippen molar-refractivity contribution >= 4 is 11.7 Å². The van der Waals surface area contributed by atoms with Gasteiger partial charge in [0.15, 0.2) is 11.5 Å². The van der Waals surface area contributed by atoms with E-state index < -0.39 is 5.97 Å². The smallest absolute Gasteiger partial charge is 0.330 e. The van der Waals surface area contributed by atoms with Gasteiger partial charge in [0.2, 0.25) is 0 Å². The van der Waals surface area contributed by atoms with Crippen LogP contribution in [0.1, 0.15) is 36.1 Å². The Balaban J connectivity index is 2.26. The molecule has 0 aliphatic rings. The van der Waals surface area contributed by atoms with Crippen molar-refractivity contribution in [3.63, 3.8) is 0 Å². The van der Waals surface area contributed by atoms with Crippen molar-refractivity contribution in [1.82, 2.24) is 0 Å². The number of aliphatic hydroxyl groups is 1. The van der Waals surface area contributed by atoms with E-state index in [0.29, 0.717) is 29.2 Å². The van der Waals surface area contributed by atoms with Gasteiger partial charge in [0, 0.05) is 11.3 Å². The first-order valence-corrected chi connectivity index (χ1v) is 10.0. The molecule has 30 heavy (non-hydrogen) atoms. The zero-order valence-corrected chi connectivity index (χ0v) is 17.5. The Morgan fingerprint density at radius 2 is 1.97 bits per heavy atom. The Labute approximate surface area is 177 Å². The number of allylic oxidation sites excluding steroid dienone is 1. The number of esters is 1. The minimum Gasteiger partial charge on any atom is -0.487 e. The summed E-state index contributed by atoms with van der Waals surface area (Å²) in [5.41, 5.74) is 4.44. The van der Waals surface area contributed by atoms with Crippen molar-refractivity contribution in [3.8, 4) is 17.6 Å². The molecular weight excluding hydrogens is 380 g/mol. The van der Waals surface area contributed by atoms with E-state index in [4.69, 9.17) is 14.7 Å². The van der Waals surface area contributed by atoms with E-state index in [-0.39, 0.29) is 19.8 Å². The number of aliphatic hydroxyl groups excluding tert-OH is 1. The lowest BCUT2D eigenvalue weighted by Gasteiger charge is -2.20. The number of hydrogen-bond donors (Lipinski definition) is 2. The lowest BCUT2D eigenvalue weighted by Crippen LogP contribution is -2.20. The number of benzene rings is 2. The van der Waals surface area contributed by atoms with E-state index in [9.17, 15) is 9.90 Å². The maximum Gasteiger partial charge on any atom is 0.330 e. The summed E-state index contributed by atoms with van der Waals surface area (Å²) in [7, 11) is 0. The highest BCUT2D eigenvalue weighted by Gasteiger charge is 2.20. The third-order valence-corrected chi connectivity index (χ3v) is 4.65. The summed E-state index contributed by atoms with van der Waals surface area (Å²) in [6.07, 6.45) is 3.97. The molecule has 0 heterocycles. The molecule has 158 valence electrons. The van der Waals surface area contributed by atoms with Crippen molar-refractivity contribution < 1.29 is 19.4 Å². The molecule has 0 saturated heterocycles. The Kier molecular flexibility index (Phi) is 8.92. The van der Waals surface area contributed by atoms with Gasteiger partial charge in [-0.1, -0.05) is 19.9 Å². The molecule has 0 radical (unpaired) electrons. The summed E-state index contributed by atoms with van der Waals surface area (Å²) in [6.45, 7) is 7.88. The van der Waals surface area contributed by atoms with Gasteiger partial charge in [-0.2, -0.15) is 5.26 Å². The second-order valence-electron chi connectivity index (χ2n) is 6.61. The van der Waals surface area contributed by atoms with Crippen LogP contribution in [0, 0.1) is 11.3 Å². The largest absolute Gasteiger partial charge is 0.487 e. The lowest BCUT2D eigenvalue weighted by molar-refractivity contribution is -0.132. The van der Waals surface area contributed by atoms with Gasteiger partial charge in [-0.3, -0.25) is 0 Å². The average molecular weight is 408 g/mol. The van der Waals surface area contributed by atoms with E-state index in [1.54, 1.807) is 30.3 Å². The van der Waals surface area contributed by atoms with Gasteiger partial charge in [-0.25, -0.2) is 4.79 Å². The molecule has 0 bridgehead atoms. The number of nitrogens with zero attached hydrogens (tertiary/aromatic N) is 1. The molecule has 6 heteroatoms. The number of nitriles is 1. The molecule has 0 saturated carbocycles. The summed E-state index contributed by atoms with van der Waals surface area (Å²) >= 11 is 0. The van der Waals surface area contributed by atoms with E-state index in [0.717, 1.165) is 29.5 Å². The van der Waals surface area contributed by atoms with Gasteiger partial charge >= 0.3 is 5.97 Å². The molecule has 0 unspecified atom stereocenters. The van der Waals surface area contributed by atoms with E-state index in [1.165, 1.54) is 0 Å². The molecule has 0 aromatic heterocycles. The Hall–Kier alpha value is -3.30. The Morgan fingerprint density at radius 1 is 1.23 bits per heavy atom. The first-order valence-electron chi connectivity index (χ1n) is 10.0. The third-order valence-electron chi connectivity index (χ3n) is 4.65. The van der Waals surface area contributed by atoms with Crippen LogP contribution < -0.4 is 14.8 Å². The van der Waals surface area contributed by atoms with Crippen LogP contribution in [0.25, 0.3) is 0 Å². The predicted molar refractivity (Wildman–Crippen MR) is 117 cm³/mol. The molecule has 2 aromatic carbocycles. The van der Waals surface area contributed by atoms with Crippen LogP contribution in [0.2, 0.25) is 0 Å². The maximum atomic E-state index is 12.5. The molecule has 2 N–H and O–H groups in total. The number of rotatable bonds is 11. The fourth-order valence-electron chi connectivity index (χ4n) is 3.28. The SMILES string of the molecule is C=CCc1c(CC)c(CC)cc(OC(=O)CNc2ccc(C#N)cc2)c1OCCO. The van der Waals surface area contributed by atoms with Crippen molar-refractivity contribution in [2.24, 2.45) is 0 Å². The summed E-state index contributed by atoms with van der Waals surface area (Å²) in [5, 5.41) is 21.1.